The Morgan fingerprint density at radius 3 is 2.51 bits per heavy atom. The molecular formula is C31H41F2N7S. The molecule has 2 heterocycles. The van der Waals surface area contributed by atoms with Crippen LogP contribution < -0.4 is 11.5 Å². The number of benzene rings is 1. The molecule has 220 valence electrons. The van der Waals surface area contributed by atoms with Crippen LogP contribution in [0.3, 0.4) is 0 Å². The highest BCUT2D eigenvalue weighted by Gasteiger charge is 2.47. The highest BCUT2D eigenvalue weighted by Crippen LogP contribution is 2.48. The van der Waals surface area contributed by atoms with Gasteiger partial charge in [-0.2, -0.15) is 16.4 Å². The Morgan fingerprint density at radius 1 is 1.17 bits per heavy atom. The fourth-order valence-corrected chi connectivity index (χ4v) is 6.56. The molecule has 2 aliphatic rings. The Morgan fingerprint density at radius 2 is 1.88 bits per heavy atom. The van der Waals surface area contributed by atoms with Crippen molar-refractivity contribution < 1.29 is 8.78 Å². The van der Waals surface area contributed by atoms with Crippen molar-refractivity contribution in [3.8, 4) is 5.95 Å². The van der Waals surface area contributed by atoms with Crippen LogP contribution in [-0.4, -0.2) is 36.7 Å². The van der Waals surface area contributed by atoms with E-state index in [9.17, 15) is 8.78 Å². The van der Waals surface area contributed by atoms with E-state index in [0.29, 0.717) is 17.6 Å². The third-order valence-corrected chi connectivity index (χ3v) is 9.08. The zero-order valence-electron chi connectivity index (χ0n) is 24.6. The maximum atomic E-state index is 14.5. The average Bonchev–Trinajstić information content (AvgIpc) is 3.58. The maximum Gasteiger partial charge on any atom is 0.252 e. The molecule has 0 bridgehead atoms. The van der Waals surface area contributed by atoms with Gasteiger partial charge < -0.3 is 11.5 Å². The molecule has 2 aromatic heterocycles. The first-order valence-electron chi connectivity index (χ1n) is 14.4. The Bertz CT molecular complexity index is 1390. The number of nitrogens with zero attached hydrogens (tertiary/aromatic N) is 5. The standard InChI is InChI=1S/C29H35F2N7S.C2H6/c1-4-17(2)18-8-9-19(26(33)20(18)14-23(32)25-21(30)6-5-7-22(25)31)24-10-13-34-28(36-24)38-16-35-27(37-38)29(11-12-29)15-39-3;1-2/h5-7,10,13-14,16-19H,4,8-9,11-12,15,32-33H2,1-3H3;1-2H3/b23-14-;. The summed E-state index contributed by atoms with van der Waals surface area (Å²) in [6, 6.07) is 5.60. The van der Waals surface area contributed by atoms with E-state index in [-0.39, 0.29) is 28.5 Å². The van der Waals surface area contributed by atoms with Crippen LogP contribution in [-0.2, 0) is 5.41 Å². The number of hydrogen-bond donors (Lipinski definition) is 2. The third kappa shape index (κ3) is 6.32. The van der Waals surface area contributed by atoms with Crippen LogP contribution >= 0.6 is 11.8 Å². The van der Waals surface area contributed by atoms with E-state index in [4.69, 9.17) is 21.5 Å². The molecule has 41 heavy (non-hydrogen) atoms. The van der Waals surface area contributed by atoms with Crippen LogP contribution in [0.15, 0.2) is 54.1 Å². The van der Waals surface area contributed by atoms with Crippen molar-refractivity contribution in [2.75, 3.05) is 12.0 Å². The molecule has 5 rings (SSSR count). The molecule has 3 atom stereocenters. The molecule has 0 aliphatic heterocycles. The summed E-state index contributed by atoms with van der Waals surface area (Å²) in [5, 5.41) is 4.72. The van der Waals surface area contributed by atoms with Gasteiger partial charge in [0.15, 0.2) is 5.82 Å². The van der Waals surface area contributed by atoms with Crippen molar-refractivity contribution in [1.29, 1.82) is 0 Å². The van der Waals surface area contributed by atoms with E-state index >= 15 is 0 Å². The highest BCUT2D eigenvalue weighted by atomic mass is 32.2. The molecule has 0 spiro atoms. The number of allylic oxidation sites excluding steroid dienone is 3. The van der Waals surface area contributed by atoms with Crippen molar-refractivity contribution in [2.24, 2.45) is 23.3 Å². The smallest absolute Gasteiger partial charge is 0.252 e. The number of thioether (sulfide) groups is 1. The van der Waals surface area contributed by atoms with Gasteiger partial charge in [0.2, 0.25) is 0 Å². The van der Waals surface area contributed by atoms with Crippen LogP contribution in [0.4, 0.5) is 8.78 Å². The predicted molar refractivity (Wildman–Crippen MR) is 162 cm³/mol. The van der Waals surface area contributed by atoms with Gasteiger partial charge >= 0.3 is 0 Å². The number of aromatic nitrogens is 5. The lowest BCUT2D eigenvalue weighted by Crippen LogP contribution is -2.27. The first-order chi connectivity index (χ1) is 19.8. The van der Waals surface area contributed by atoms with E-state index in [1.165, 1.54) is 18.2 Å². The second-order valence-corrected chi connectivity index (χ2v) is 11.6. The first kappa shape index (κ1) is 30.7. The molecule has 4 N–H and O–H groups in total. The fourth-order valence-electron chi connectivity index (χ4n) is 5.59. The first-order valence-corrected chi connectivity index (χ1v) is 15.8. The predicted octanol–water partition coefficient (Wildman–Crippen LogP) is 6.51. The Hall–Kier alpha value is -3.27. The lowest BCUT2D eigenvalue weighted by molar-refractivity contribution is 0.343. The number of hydrogen-bond acceptors (Lipinski definition) is 7. The zero-order chi connectivity index (χ0) is 29.7. The second-order valence-electron chi connectivity index (χ2n) is 10.7. The van der Waals surface area contributed by atoms with Gasteiger partial charge in [0.1, 0.15) is 18.0 Å². The molecule has 7 nitrogen and oxygen atoms in total. The molecule has 0 amide bonds. The van der Waals surface area contributed by atoms with Crippen molar-refractivity contribution in [2.45, 2.75) is 71.1 Å². The topological polar surface area (TPSA) is 109 Å². The minimum Gasteiger partial charge on any atom is -0.401 e. The van der Waals surface area contributed by atoms with E-state index < -0.39 is 11.6 Å². The van der Waals surface area contributed by atoms with Gasteiger partial charge in [0.05, 0.1) is 11.3 Å². The van der Waals surface area contributed by atoms with Gasteiger partial charge in [-0.05, 0) is 73.6 Å². The minimum absolute atomic E-state index is 0.0234. The molecule has 0 radical (unpaired) electrons. The summed E-state index contributed by atoms with van der Waals surface area (Å²) in [6.45, 7) is 8.29. The fraction of sp³-hybridized carbons (Fsp3) is 0.484. The Labute approximate surface area is 245 Å². The van der Waals surface area contributed by atoms with Gasteiger partial charge in [-0.3, -0.25) is 0 Å². The summed E-state index contributed by atoms with van der Waals surface area (Å²) in [4.78, 5) is 13.8. The lowest BCUT2D eigenvalue weighted by Gasteiger charge is -2.34. The average molecular weight is 582 g/mol. The van der Waals surface area contributed by atoms with Crippen molar-refractivity contribution >= 4 is 17.5 Å². The van der Waals surface area contributed by atoms with Crippen LogP contribution in [0.25, 0.3) is 11.6 Å². The Kier molecular flexibility index (Phi) is 9.84. The largest absolute Gasteiger partial charge is 0.401 e. The van der Waals surface area contributed by atoms with Crippen LogP contribution in [0, 0.1) is 23.5 Å². The van der Waals surface area contributed by atoms with Gasteiger partial charge in [0.25, 0.3) is 5.95 Å². The lowest BCUT2D eigenvalue weighted by atomic mass is 9.72. The molecule has 10 heteroatoms. The zero-order valence-corrected chi connectivity index (χ0v) is 25.4. The molecule has 1 aromatic carbocycles. The van der Waals surface area contributed by atoms with Crippen molar-refractivity contribution in [1.82, 2.24) is 24.7 Å². The van der Waals surface area contributed by atoms with Gasteiger partial charge in [-0.25, -0.2) is 23.7 Å². The Balaban J connectivity index is 0.00000189. The summed E-state index contributed by atoms with van der Waals surface area (Å²) in [7, 11) is 0. The summed E-state index contributed by atoms with van der Waals surface area (Å²) >= 11 is 1.81. The minimum atomic E-state index is -0.700. The molecule has 0 saturated heterocycles. The van der Waals surface area contributed by atoms with E-state index in [0.717, 1.165) is 54.9 Å². The van der Waals surface area contributed by atoms with E-state index in [2.05, 4.69) is 30.1 Å². The monoisotopic (exact) mass is 581 g/mol. The summed E-state index contributed by atoms with van der Waals surface area (Å²) in [6.07, 6.45) is 11.9. The van der Waals surface area contributed by atoms with E-state index in [1.807, 2.05) is 19.9 Å². The SMILES string of the molecule is CC.CCC(C)C1CCC(c2ccnc(-n3cnc(C4(CSC)CC4)n3)n2)C(N)=C1/C=C(\N)c1c(F)cccc1F. The third-order valence-electron chi connectivity index (χ3n) is 8.23. The number of rotatable bonds is 9. The summed E-state index contributed by atoms with van der Waals surface area (Å²) in [5.74, 6) is 1.11. The second kappa shape index (κ2) is 13.1. The van der Waals surface area contributed by atoms with Crippen LogP contribution in [0.1, 0.15) is 82.8 Å². The summed E-state index contributed by atoms with van der Waals surface area (Å²) in [5.41, 5.74) is 15.2. The molecule has 3 aromatic rings. The molecule has 1 saturated carbocycles. The number of halogens is 2. The number of nitrogens with two attached hydrogens (primary N) is 2. The highest BCUT2D eigenvalue weighted by molar-refractivity contribution is 7.98. The molecular weight excluding hydrogens is 540 g/mol. The summed E-state index contributed by atoms with van der Waals surface area (Å²) < 4.78 is 30.6. The van der Waals surface area contributed by atoms with Gasteiger partial charge in [-0.1, -0.05) is 40.2 Å². The molecule has 3 unspecified atom stereocenters. The normalized spacial score (nSPS) is 20.8. The van der Waals surface area contributed by atoms with Gasteiger partial charge in [0, 0.05) is 34.7 Å². The maximum absolute atomic E-state index is 14.5. The van der Waals surface area contributed by atoms with Crippen LogP contribution in [0.2, 0.25) is 0 Å². The van der Waals surface area contributed by atoms with E-state index in [1.54, 1.807) is 35.0 Å². The quantitative estimate of drug-likeness (QED) is 0.297. The molecule has 2 aliphatic carbocycles. The van der Waals surface area contributed by atoms with Gasteiger partial charge in [-0.15, -0.1) is 5.10 Å². The van der Waals surface area contributed by atoms with Crippen molar-refractivity contribution in [3.63, 3.8) is 0 Å². The van der Waals surface area contributed by atoms with Crippen molar-refractivity contribution in [3.05, 3.63) is 82.9 Å². The van der Waals surface area contributed by atoms with Crippen LogP contribution in [0.5, 0.6) is 0 Å². The molecule has 1 fully saturated rings.